The zero-order valence-corrected chi connectivity index (χ0v) is 31.5. The number of benzene rings is 4. The van der Waals surface area contributed by atoms with Gasteiger partial charge in [0.1, 0.15) is 23.0 Å². The third-order valence-electron chi connectivity index (χ3n) is 6.91. The Hall–Kier alpha value is -2.76. The predicted molar refractivity (Wildman–Crippen MR) is 199 cm³/mol. The second-order valence-electron chi connectivity index (χ2n) is 11.8. The third kappa shape index (κ3) is 13.9. The molecule has 46 heavy (non-hydrogen) atoms. The first kappa shape index (κ1) is 41.3. The molecule has 0 aliphatic carbocycles. The minimum atomic E-state index is 0.165. The summed E-state index contributed by atoms with van der Waals surface area (Å²) < 4.78 is 10.2. The van der Waals surface area contributed by atoms with Gasteiger partial charge in [-0.1, -0.05) is 114 Å². The number of ether oxygens (including phenoxy) is 2. The highest BCUT2D eigenvalue weighted by Crippen LogP contribution is 2.30. The SMILES string of the molecule is CC(C)c1cc(O)ccc1Cl.CC(C)c1ccc(Cl)c(O)c1.COc1cc(C(C)C)ccc1Cl.COc1ccc(Cl)c(C(C)C)c1. The van der Waals surface area contributed by atoms with Gasteiger partial charge in [0.25, 0.3) is 0 Å². The first-order valence-corrected chi connectivity index (χ1v) is 16.7. The quantitative estimate of drug-likeness (QED) is 0.209. The van der Waals surface area contributed by atoms with Crippen LogP contribution in [0.1, 0.15) is 101 Å². The van der Waals surface area contributed by atoms with Crippen molar-refractivity contribution in [3.05, 3.63) is 115 Å². The Kier molecular flexibility index (Phi) is 18.4. The minimum absolute atomic E-state index is 0.165. The fraction of sp³-hybridized carbons (Fsp3) is 0.368. The molecule has 0 aromatic heterocycles. The summed E-state index contributed by atoms with van der Waals surface area (Å²) >= 11 is 23.4. The van der Waals surface area contributed by atoms with Gasteiger partial charge in [-0.3, -0.25) is 0 Å². The minimum Gasteiger partial charge on any atom is -0.508 e. The van der Waals surface area contributed by atoms with E-state index in [0.29, 0.717) is 33.7 Å². The molecule has 0 saturated heterocycles. The standard InChI is InChI=1S/2C10H13ClO.2C9H11ClO/c1-7(2)9-6-8(12-3)4-5-10(9)11;1-7(2)8-4-5-9(11)10(6-8)12-3;1-6(2)8-5-7(11)3-4-9(8)10;1-6(2)7-3-4-8(10)9(11)5-7/h2*4-7H,1-3H3;2*3-6,11H,1-2H3. The fourth-order valence-corrected chi connectivity index (χ4v) is 4.97. The molecule has 0 saturated carbocycles. The number of hydrogen-bond acceptors (Lipinski definition) is 4. The highest BCUT2D eigenvalue weighted by molar-refractivity contribution is 6.32. The van der Waals surface area contributed by atoms with Gasteiger partial charge in [-0.15, -0.1) is 0 Å². The van der Waals surface area contributed by atoms with Crippen LogP contribution in [-0.2, 0) is 0 Å². The molecule has 0 atom stereocenters. The van der Waals surface area contributed by atoms with Gasteiger partial charge in [-0.2, -0.15) is 0 Å². The molecule has 0 aliphatic heterocycles. The summed E-state index contributed by atoms with van der Waals surface area (Å²) in [6.45, 7) is 16.7. The molecule has 8 heteroatoms. The lowest BCUT2D eigenvalue weighted by atomic mass is 10.0. The summed E-state index contributed by atoms with van der Waals surface area (Å²) in [6, 6.07) is 21.9. The van der Waals surface area contributed by atoms with Crippen LogP contribution in [0.3, 0.4) is 0 Å². The Balaban J connectivity index is 0.000000307. The number of aromatic hydroxyl groups is 2. The second-order valence-corrected chi connectivity index (χ2v) is 13.4. The van der Waals surface area contributed by atoms with Crippen molar-refractivity contribution in [2.75, 3.05) is 14.2 Å². The number of halogens is 4. The molecule has 2 N–H and O–H groups in total. The zero-order chi connectivity index (χ0) is 35.1. The van der Waals surface area contributed by atoms with E-state index < -0.39 is 0 Å². The number of methoxy groups -OCH3 is 2. The van der Waals surface area contributed by atoms with E-state index in [1.165, 1.54) is 5.56 Å². The van der Waals surface area contributed by atoms with Gasteiger partial charge < -0.3 is 19.7 Å². The van der Waals surface area contributed by atoms with E-state index in [9.17, 15) is 5.11 Å². The van der Waals surface area contributed by atoms with Crippen molar-refractivity contribution < 1.29 is 19.7 Å². The monoisotopic (exact) mass is 708 g/mol. The van der Waals surface area contributed by atoms with Gasteiger partial charge in [-0.05, 0) is 107 Å². The highest BCUT2D eigenvalue weighted by Gasteiger charge is 2.07. The topological polar surface area (TPSA) is 58.9 Å². The van der Waals surface area contributed by atoms with Crippen LogP contribution in [0.15, 0.2) is 72.8 Å². The average Bonchev–Trinajstić information content (AvgIpc) is 3.00. The zero-order valence-electron chi connectivity index (χ0n) is 28.5. The molecule has 0 bridgehead atoms. The molecule has 0 fully saturated rings. The van der Waals surface area contributed by atoms with Crippen LogP contribution in [0.4, 0.5) is 0 Å². The Morgan fingerprint density at radius 1 is 0.478 bits per heavy atom. The molecule has 4 nitrogen and oxygen atoms in total. The highest BCUT2D eigenvalue weighted by atomic mass is 35.5. The maximum atomic E-state index is 9.22. The molecule has 0 heterocycles. The molecule has 0 radical (unpaired) electrons. The van der Waals surface area contributed by atoms with Crippen LogP contribution in [0.5, 0.6) is 23.0 Å². The first-order valence-electron chi connectivity index (χ1n) is 15.2. The van der Waals surface area contributed by atoms with E-state index in [1.807, 2.05) is 56.3 Å². The first-order chi connectivity index (χ1) is 21.5. The van der Waals surface area contributed by atoms with Crippen molar-refractivity contribution in [1.29, 1.82) is 0 Å². The fourth-order valence-electron chi connectivity index (χ4n) is 3.99. The van der Waals surface area contributed by atoms with Crippen LogP contribution in [-0.4, -0.2) is 24.4 Å². The maximum Gasteiger partial charge on any atom is 0.137 e. The van der Waals surface area contributed by atoms with Crippen molar-refractivity contribution >= 4 is 46.4 Å². The molecule has 4 aromatic rings. The molecule has 0 amide bonds. The van der Waals surface area contributed by atoms with Crippen LogP contribution in [0.2, 0.25) is 20.1 Å². The maximum absolute atomic E-state index is 9.22. The Bertz CT molecular complexity index is 1500. The molecule has 0 aliphatic rings. The molecule has 0 spiro atoms. The summed E-state index contributed by atoms with van der Waals surface area (Å²) in [5.74, 6) is 3.79. The Morgan fingerprint density at radius 3 is 1.37 bits per heavy atom. The lowest BCUT2D eigenvalue weighted by Gasteiger charge is -2.09. The molecule has 4 aromatic carbocycles. The average molecular weight is 711 g/mol. The van der Waals surface area contributed by atoms with E-state index in [1.54, 1.807) is 44.6 Å². The van der Waals surface area contributed by atoms with E-state index in [4.69, 9.17) is 61.0 Å². The van der Waals surface area contributed by atoms with Gasteiger partial charge in [0.15, 0.2) is 0 Å². The Morgan fingerprint density at radius 2 is 0.935 bits per heavy atom. The summed E-state index contributed by atoms with van der Waals surface area (Å²) in [5.41, 5.74) is 4.48. The normalized spacial score (nSPS) is 10.5. The van der Waals surface area contributed by atoms with E-state index in [2.05, 4.69) is 41.5 Å². The number of rotatable bonds is 6. The summed E-state index contributed by atoms with van der Waals surface area (Å²) in [4.78, 5) is 0. The lowest BCUT2D eigenvalue weighted by molar-refractivity contribution is 0.414. The number of hydrogen-bond donors (Lipinski definition) is 2. The second kappa shape index (κ2) is 20.5. The molecule has 0 unspecified atom stereocenters. The van der Waals surface area contributed by atoms with Gasteiger partial charge in [-0.25, -0.2) is 0 Å². The molecule has 252 valence electrons. The van der Waals surface area contributed by atoms with E-state index in [0.717, 1.165) is 38.2 Å². The van der Waals surface area contributed by atoms with Gasteiger partial charge in [0.2, 0.25) is 0 Å². The van der Waals surface area contributed by atoms with Gasteiger partial charge >= 0.3 is 0 Å². The number of phenols is 2. The summed E-state index contributed by atoms with van der Waals surface area (Å²) in [7, 11) is 3.29. The van der Waals surface area contributed by atoms with Gasteiger partial charge in [0.05, 0.1) is 24.3 Å². The van der Waals surface area contributed by atoms with Crippen molar-refractivity contribution in [3.63, 3.8) is 0 Å². The molecule has 4 rings (SSSR count). The summed E-state index contributed by atoms with van der Waals surface area (Å²) in [5, 5.41) is 21.0. The molecular formula is C38H48Cl4O4. The van der Waals surface area contributed by atoms with Crippen LogP contribution in [0, 0.1) is 0 Å². The predicted octanol–water partition coefficient (Wildman–Crippen LogP) is 13.3. The molecular weight excluding hydrogens is 662 g/mol. The lowest BCUT2D eigenvalue weighted by Crippen LogP contribution is -1.90. The van der Waals surface area contributed by atoms with Crippen molar-refractivity contribution in [3.8, 4) is 23.0 Å². The van der Waals surface area contributed by atoms with Crippen LogP contribution in [0.25, 0.3) is 0 Å². The van der Waals surface area contributed by atoms with Crippen molar-refractivity contribution in [2.45, 2.75) is 79.1 Å². The number of phenolic OH excluding ortho intramolecular Hbond substituents is 2. The summed E-state index contributed by atoms with van der Waals surface area (Å²) in [6.07, 6.45) is 0. The van der Waals surface area contributed by atoms with Crippen molar-refractivity contribution in [1.82, 2.24) is 0 Å². The largest absolute Gasteiger partial charge is 0.508 e. The Labute approximate surface area is 296 Å². The van der Waals surface area contributed by atoms with E-state index >= 15 is 0 Å². The van der Waals surface area contributed by atoms with Gasteiger partial charge in [0, 0.05) is 10.0 Å². The third-order valence-corrected chi connectivity index (χ3v) is 8.23. The van der Waals surface area contributed by atoms with Crippen molar-refractivity contribution in [2.24, 2.45) is 0 Å². The van der Waals surface area contributed by atoms with Crippen LogP contribution < -0.4 is 9.47 Å². The smallest absolute Gasteiger partial charge is 0.137 e. The van der Waals surface area contributed by atoms with E-state index in [-0.39, 0.29) is 11.5 Å². The van der Waals surface area contributed by atoms with Crippen LogP contribution >= 0.6 is 46.4 Å².